The first kappa shape index (κ1) is 56.7. The summed E-state index contributed by atoms with van der Waals surface area (Å²) in [6.07, 6.45) is 1.81. The van der Waals surface area contributed by atoms with Gasteiger partial charge in [0.2, 0.25) is 0 Å². The van der Waals surface area contributed by atoms with Crippen LogP contribution in [0.25, 0.3) is 0 Å². The van der Waals surface area contributed by atoms with E-state index in [0.29, 0.717) is 38.8 Å². The Labute approximate surface area is 414 Å². The third-order valence-electron chi connectivity index (χ3n) is 12.2. The molecule has 69 heavy (non-hydrogen) atoms. The average molecular weight is 971 g/mol. The van der Waals surface area contributed by atoms with Gasteiger partial charge in [0.1, 0.15) is 6.61 Å². The molecule has 1 saturated heterocycles. The van der Waals surface area contributed by atoms with Crippen LogP contribution >= 0.6 is 0 Å². The van der Waals surface area contributed by atoms with Crippen LogP contribution in [0.5, 0.6) is 0 Å². The Morgan fingerprint density at radius 1 is 0.681 bits per heavy atom. The van der Waals surface area contributed by atoms with Gasteiger partial charge < -0.3 is 33.0 Å². The summed E-state index contributed by atoms with van der Waals surface area (Å²) in [4.78, 5) is 61.4. The van der Waals surface area contributed by atoms with Gasteiger partial charge in [-0.25, -0.2) is 4.79 Å². The molecule has 0 aliphatic carbocycles. The Morgan fingerprint density at radius 2 is 1.19 bits per heavy atom. The van der Waals surface area contributed by atoms with E-state index in [1.165, 1.54) is 10.4 Å². The lowest BCUT2D eigenvalue weighted by molar-refractivity contribution is -0.233. The minimum absolute atomic E-state index is 0.120. The van der Waals surface area contributed by atoms with E-state index < -0.39 is 73.1 Å². The highest BCUT2D eigenvalue weighted by molar-refractivity contribution is 6.99. The Morgan fingerprint density at radius 3 is 1.70 bits per heavy atom. The van der Waals surface area contributed by atoms with Gasteiger partial charge in [-0.2, -0.15) is 0 Å². The Hall–Kier alpha value is -4.85. The van der Waals surface area contributed by atoms with E-state index in [9.17, 15) is 19.2 Å². The third-order valence-corrected chi connectivity index (χ3v) is 17.2. The van der Waals surface area contributed by atoms with Crippen LogP contribution in [0.1, 0.15) is 141 Å². The van der Waals surface area contributed by atoms with Crippen molar-refractivity contribution in [3.05, 3.63) is 96.6 Å². The molecule has 0 spiro atoms. The number of unbranched alkanes of at least 4 members (excludes halogenated alkanes) is 3. The molecule has 380 valence electrons. The zero-order valence-electron chi connectivity index (χ0n) is 43.9. The number of amides is 1. The second kappa shape index (κ2) is 25.3. The van der Waals surface area contributed by atoms with Crippen LogP contribution in [0.2, 0.25) is 5.04 Å². The topological polar surface area (TPSA) is 139 Å². The van der Waals surface area contributed by atoms with Crippen molar-refractivity contribution in [1.82, 2.24) is 4.90 Å². The van der Waals surface area contributed by atoms with Gasteiger partial charge in [0, 0.05) is 31.8 Å². The Balaban J connectivity index is 1.66. The first-order valence-corrected chi connectivity index (χ1v) is 26.8. The number of nitrogens with zero attached hydrogens (tertiary/aromatic N) is 2. The standard InChI is InChI=1S/C56H82N2O10Si/c1-14-15-19-30-42(35-36-57-48-47(68-51(61)55(8,9)10)46(67-50(60)54(5,6)7)45(40-63-48)66-49(59)53(2,3)4)58(52(62)64-39-41-28-20-16-21-29-41)37-26-27-38-65-69(56(11,12)13,43-31-22-17-23-32-43)44-33-24-18-25-34-44/h16-18,20-25,28-29,31-34,36,42,45-48H,14-15,19,26-27,30,35,37-40H2,1-13H3/b57-36+/t42-,45-,46-,47+,48+/m1/s1. The lowest BCUT2D eigenvalue weighted by Crippen LogP contribution is -2.66. The van der Waals surface area contributed by atoms with Crippen molar-refractivity contribution in [2.24, 2.45) is 21.2 Å². The molecule has 1 aliphatic heterocycles. The number of hydrogen-bond acceptors (Lipinski definition) is 11. The van der Waals surface area contributed by atoms with Crippen LogP contribution in [0.4, 0.5) is 4.79 Å². The van der Waals surface area contributed by atoms with Crippen molar-refractivity contribution in [3.8, 4) is 0 Å². The molecule has 3 aromatic carbocycles. The average Bonchev–Trinajstić information content (AvgIpc) is 3.28. The molecule has 1 heterocycles. The van der Waals surface area contributed by atoms with Crippen LogP contribution in [0.3, 0.4) is 0 Å². The minimum Gasteiger partial charge on any atom is -0.455 e. The molecule has 0 aromatic heterocycles. The lowest BCUT2D eigenvalue weighted by atomic mass is 9.94. The fourth-order valence-electron chi connectivity index (χ4n) is 8.08. The molecule has 0 unspecified atom stereocenters. The summed E-state index contributed by atoms with van der Waals surface area (Å²) in [5.41, 5.74) is -1.85. The van der Waals surface area contributed by atoms with Gasteiger partial charge in [-0.15, -0.1) is 0 Å². The summed E-state index contributed by atoms with van der Waals surface area (Å²) in [5, 5.41) is 2.25. The number of benzene rings is 3. The van der Waals surface area contributed by atoms with Crippen molar-refractivity contribution in [2.45, 2.75) is 177 Å². The molecule has 4 rings (SSSR count). The predicted molar refractivity (Wildman–Crippen MR) is 275 cm³/mol. The minimum atomic E-state index is -2.77. The number of carbonyl (C=O) groups is 4. The van der Waals surface area contributed by atoms with Crippen molar-refractivity contribution >= 4 is 48.9 Å². The SMILES string of the molecule is CCCCC[C@H](C/C=N/[C@H]1OC[C@@H](OC(=O)C(C)(C)C)[C@@H](OC(=O)C(C)(C)C)[C@@H]1OC(=O)C(C)(C)C)N(CCCCO[Si](c1ccccc1)(c1ccccc1)C(C)(C)C)C(=O)OCc1ccccc1. The maximum absolute atomic E-state index is 14.3. The summed E-state index contributed by atoms with van der Waals surface area (Å²) in [5.74, 6) is -1.66. The van der Waals surface area contributed by atoms with Gasteiger partial charge >= 0.3 is 24.0 Å². The highest BCUT2D eigenvalue weighted by Gasteiger charge is 2.51. The summed E-state index contributed by atoms with van der Waals surface area (Å²) in [6, 6.07) is 30.4. The highest BCUT2D eigenvalue weighted by atomic mass is 28.4. The largest absolute Gasteiger partial charge is 0.455 e. The van der Waals surface area contributed by atoms with Crippen LogP contribution < -0.4 is 10.4 Å². The second-order valence-corrected chi connectivity index (χ2v) is 26.6. The number of aliphatic imine (C=N–C) groups is 1. The molecule has 1 fully saturated rings. The lowest BCUT2D eigenvalue weighted by Gasteiger charge is -2.43. The zero-order valence-corrected chi connectivity index (χ0v) is 44.9. The maximum atomic E-state index is 14.3. The van der Waals surface area contributed by atoms with Crippen molar-refractivity contribution < 1.29 is 47.3 Å². The van der Waals surface area contributed by atoms with Crippen LogP contribution in [0.15, 0.2) is 96.0 Å². The first-order valence-electron chi connectivity index (χ1n) is 24.9. The number of esters is 3. The van der Waals surface area contributed by atoms with Crippen LogP contribution in [-0.2, 0) is 49.1 Å². The molecule has 13 heteroatoms. The third kappa shape index (κ3) is 16.4. The fraction of sp³-hybridized carbons (Fsp3) is 0.589. The number of ether oxygens (including phenoxy) is 5. The quantitative estimate of drug-likeness (QED) is 0.0333. The second-order valence-electron chi connectivity index (χ2n) is 22.3. The fourth-order valence-corrected chi connectivity index (χ4v) is 12.7. The predicted octanol–water partition coefficient (Wildman–Crippen LogP) is 10.6. The molecule has 3 aromatic rings. The van der Waals surface area contributed by atoms with Gasteiger partial charge in [0.25, 0.3) is 8.32 Å². The van der Waals surface area contributed by atoms with Gasteiger partial charge in [0.15, 0.2) is 24.5 Å². The molecule has 0 bridgehead atoms. The van der Waals surface area contributed by atoms with Crippen molar-refractivity contribution in [1.29, 1.82) is 0 Å². The van der Waals surface area contributed by atoms with Gasteiger partial charge in [-0.05, 0) is 103 Å². The van der Waals surface area contributed by atoms with Crippen molar-refractivity contribution in [3.63, 3.8) is 0 Å². The van der Waals surface area contributed by atoms with E-state index in [2.05, 4.69) is 76.2 Å². The van der Waals surface area contributed by atoms with Crippen molar-refractivity contribution in [2.75, 3.05) is 19.8 Å². The Bertz CT molecular complexity index is 2050. The van der Waals surface area contributed by atoms with E-state index in [4.69, 9.17) is 33.1 Å². The number of rotatable bonds is 21. The molecule has 1 aliphatic rings. The van der Waals surface area contributed by atoms with Crippen LogP contribution in [-0.4, -0.2) is 93.8 Å². The van der Waals surface area contributed by atoms with Crippen LogP contribution in [0, 0.1) is 16.2 Å². The van der Waals surface area contributed by atoms with E-state index in [0.717, 1.165) is 24.8 Å². The highest BCUT2D eigenvalue weighted by Crippen LogP contribution is 2.37. The van der Waals surface area contributed by atoms with E-state index in [1.807, 2.05) is 47.4 Å². The number of hydrogen-bond donors (Lipinski definition) is 0. The summed E-state index contributed by atoms with van der Waals surface area (Å²) >= 11 is 0. The summed E-state index contributed by atoms with van der Waals surface area (Å²) < 4.78 is 37.6. The molecule has 5 atom stereocenters. The summed E-state index contributed by atoms with van der Waals surface area (Å²) in [6.45, 7) is 25.3. The van der Waals surface area contributed by atoms with Gasteiger partial charge in [-0.3, -0.25) is 19.4 Å². The molecule has 1 amide bonds. The normalized spacial score (nSPS) is 18.6. The molecular weight excluding hydrogens is 889 g/mol. The maximum Gasteiger partial charge on any atom is 0.410 e. The number of carbonyl (C=O) groups excluding carboxylic acids is 4. The molecular formula is C56H82N2O10Si. The zero-order chi connectivity index (χ0) is 51.0. The first-order chi connectivity index (χ1) is 32.4. The van der Waals surface area contributed by atoms with Gasteiger partial charge in [-0.1, -0.05) is 138 Å². The monoisotopic (exact) mass is 971 g/mol. The van der Waals surface area contributed by atoms with E-state index >= 15 is 0 Å². The van der Waals surface area contributed by atoms with Gasteiger partial charge in [0.05, 0.1) is 22.9 Å². The Kier molecular flexibility index (Phi) is 20.8. The summed E-state index contributed by atoms with van der Waals surface area (Å²) in [7, 11) is -2.77. The molecule has 0 radical (unpaired) electrons. The molecule has 12 nitrogen and oxygen atoms in total. The smallest absolute Gasteiger partial charge is 0.410 e. The molecule has 0 saturated carbocycles. The van der Waals surface area contributed by atoms with E-state index in [1.54, 1.807) is 68.5 Å². The molecule has 0 N–H and O–H groups in total. The van der Waals surface area contributed by atoms with E-state index in [-0.39, 0.29) is 24.3 Å².